The van der Waals surface area contributed by atoms with Gasteiger partial charge >= 0.3 is 5.97 Å². The van der Waals surface area contributed by atoms with Gasteiger partial charge in [0, 0.05) is 5.02 Å². The fourth-order valence-electron chi connectivity index (χ4n) is 2.30. The molecular weight excluding hydrogens is 368 g/mol. The van der Waals surface area contributed by atoms with Crippen molar-refractivity contribution < 1.29 is 19.0 Å². The minimum Gasteiger partial charge on any atom is -0.479 e. The van der Waals surface area contributed by atoms with Crippen LogP contribution in [0.4, 0.5) is 0 Å². The van der Waals surface area contributed by atoms with Gasteiger partial charge in [0.1, 0.15) is 11.5 Å². The maximum absolute atomic E-state index is 11.8. The van der Waals surface area contributed by atoms with E-state index >= 15 is 0 Å². The summed E-state index contributed by atoms with van der Waals surface area (Å²) in [6.07, 6.45) is 0.656. The van der Waals surface area contributed by atoms with Crippen LogP contribution < -0.4 is 9.47 Å². The van der Waals surface area contributed by atoms with E-state index in [2.05, 4.69) is 9.97 Å². The SMILES string of the molecule is CC(C)OC(=O)C(C)Oc1ccc(Oc2cnc3cc(Cl)ccc3n2)cc1. The molecule has 0 fully saturated rings. The molecule has 0 aliphatic carbocycles. The largest absolute Gasteiger partial charge is 0.479 e. The van der Waals surface area contributed by atoms with Gasteiger partial charge in [0.05, 0.1) is 23.3 Å². The molecule has 0 saturated carbocycles. The number of ether oxygens (including phenoxy) is 3. The van der Waals surface area contributed by atoms with Gasteiger partial charge in [0.25, 0.3) is 0 Å². The molecule has 7 heteroatoms. The predicted molar refractivity (Wildman–Crippen MR) is 102 cm³/mol. The van der Waals surface area contributed by atoms with Gasteiger partial charge in [-0.05, 0) is 63.2 Å². The second-order valence-electron chi connectivity index (χ2n) is 6.16. The van der Waals surface area contributed by atoms with Crippen LogP contribution >= 0.6 is 11.6 Å². The van der Waals surface area contributed by atoms with E-state index in [1.165, 1.54) is 6.20 Å². The van der Waals surface area contributed by atoms with Crippen LogP contribution in [0.15, 0.2) is 48.7 Å². The zero-order chi connectivity index (χ0) is 19.4. The van der Waals surface area contributed by atoms with E-state index in [4.69, 9.17) is 25.8 Å². The number of carbonyl (C=O) groups excluding carboxylic acids is 1. The normalized spacial score (nSPS) is 12.0. The molecule has 1 heterocycles. The highest BCUT2D eigenvalue weighted by atomic mass is 35.5. The highest BCUT2D eigenvalue weighted by Crippen LogP contribution is 2.25. The van der Waals surface area contributed by atoms with E-state index in [9.17, 15) is 4.79 Å². The average Bonchev–Trinajstić information content (AvgIpc) is 2.63. The molecule has 1 aromatic heterocycles. The number of hydrogen-bond donors (Lipinski definition) is 0. The first-order valence-corrected chi connectivity index (χ1v) is 8.86. The van der Waals surface area contributed by atoms with Crippen LogP contribution in [0.1, 0.15) is 20.8 Å². The van der Waals surface area contributed by atoms with E-state index in [1.807, 2.05) is 0 Å². The number of carbonyl (C=O) groups is 1. The summed E-state index contributed by atoms with van der Waals surface area (Å²) in [5, 5.41) is 0.604. The van der Waals surface area contributed by atoms with Crippen molar-refractivity contribution in [2.45, 2.75) is 33.0 Å². The third kappa shape index (κ3) is 5.08. The molecule has 0 amide bonds. The summed E-state index contributed by atoms with van der Waals surface area (Å²) in [5.41, 5.74) is 1.38. The number of aromatic nitrogens is 2. The smallest absolute Gasteiger partial charge is 0.347 e. The van der Waals surface area contributed by atoms with Crippen LogP contribution in [0.2, 0.25) is 5.02 Å². The molecule has 3 aromatic rings. The average molecular weight is 387 g/mol. The van der Waals surface area contributed by atoms with Crippen molar-refractivity contribution >= 4 is 28.6 Å². The van der Waals surface area contributed by atoms with Crippen molar-refractivity contribution in [1.82, 2.24) is 9.97 Å². The zero-order valence-corrected chi connectivity index (χ0v) is 15.9. The second kappa shape index (κ2) is 8.22. The third-order valence-electron chi connectivity index (χ3n) is 3.52. The number of esters is 1. The van der Waals surface area contributed by atoms with Gasteiger partial charge in [0.15, 0.2) is 6.10 Å². The number of halogens is 1. The van der Waals surface area contributed by atoms with Gasteiger partial charge < -0.3 is 14.2 Å². The number of rotatable bonds is 6. The Hall–Kier alpha value is -2.86. The lowest BCUT2D eigenvalue weighted by Crippen LogP contribution is -2.28. The molecule has 0 N–H and O–H groups in total. The van der Waals surface area contributed by atoms with E-state index in [1.54, 1.807) is 63.2 Å². The highest BCUT2D eigenvalue weighted by Gasteiger charge is 2.17. The second-order valence-corrected chi connectivity index (χ2v) is 6.60. The molecule has 27 heavy (non-hydrogen) atoms. The summed E-state index contributed by atoms with van der Waals surface area (Å²) in [7, 11) is 0. The van der Waals surface area contributed by atoms with Crippen molar-refractivity contribution in [2.24, 2.45) is 0 Å². The van der Waals surface area contributed by atoms with Crippen molar-refractivity contribution in [2.75, 3.05) is 0 Å². The molecular formula is C20H19ClN2O4. The first-order valence-electron chi connectivity index (χ1n) is 8.48. The summed E-state index contributed by atoms with van der Waals surface area (Å²) in [6, 6.07) is 12.1. The van der Waals surface area contributed by atoms with Crippen LogP contribution in [-0.2, 0) is 9.53 Å². The molecule has 0 spiro atoms. The summed E-state index contributed by atoms with van der Waals surface area (Å²) >= 11 is 5.94. The Bertz CT molecular complexity index is 944. The van der Waals surface area contributed by atoms with Crippen LogP contribution in [0.25, 0.3) is 11.0 Å². The van der Waals surface area contributed by atoms with Crippen molar-refractivity contribution in [1.29, 1.82) is 0 Å². The molecule has 0 radical (unpaired) electrons. The highest BCUT2D eigenvalue weighted by molar-refractivity contribution is 6.31. The number of hydrogen-bond acceptors (Lipinski definition) is 6. The minimum absolute atomic E-state index is 0.182. The summed E-state index contributed by atoms with van der Waals surface area (Å²) < 4.78 is 16.4. The Morgan fingerprint density at radius 1 is 1.00 bits per heavy atom. The third-order valence-corrected chi connectivity index (χ3v) is 3.76. The van der Waals surface area contributed by atoms with Crippen LogP contribution in [-0.4, -0.2) is 28.1 Å². The number of benzene rings is 2. The predicted octanol–water partition coefficient (Wildman–Crippen LogP) is 4.79. The molecule has 0 bridgehead atoms. The van der Waals surface area contributed by atoms with Gasteiger partial charge in [-0.2, -0.15) is 0 Å². The van der Waals surface area contributed by atoms with Gasteiger partial charge in [0.2, 0.25) is 5.88 Å². The molecule has 0 saturated heterocycles. The fourth-order valence-corrected chi connectivity index (χ4v) is 2.47. The molecule has 6 nitrogen and oxygen atoms in total. The Kier molecular flexibility index (Phi) is 5.76. The first-order chi connectivity index (χ1) is 12.9. The number of nitrogens with zero attached hydrogens (tertiary/aromatic N) is 2. The summed E-state index contributed by atoms with van der Waals surface area (Å²) in [4.78, 5) is 20.5. The van der Waals surface area contributed by atoms with Crippen molar-refractivity contribution in [3.63, 3.8) is 0 Å². The molecule has 0 aliphatic rings. The van der Waals surface area contributed by atoms with Crippen molar-refractivity contribution in [3.8, 4) is 17.4 Å². The Morgan fingerprint density at radius 2 is 1.70 bits per heavy atom. The summed E-state index contributed by atoms with van der Waals surface area (Å²) in [5.74, 6) is 1.07. The maximum atomic E-state index is 11.8. The molecule has 2 aromatic carbocycles. The summed E-state index contributed by atoms with van der Waals surface area (Å²) in [6.45, 7) is 5.23. The molecule has 3 rings (SSSR count). The maximum Gasteiger partial charge on any atom is 0.347 e. The topological polar surface area (TPSA) is 70.5 Å². The van der Waals surface area contributed by atoms with E-state index < -0.39 is 12.1 Å². The lowest BCUT2D eigenvalue weighted by atomic mass is 10.3. The quantitative estimate of drug-likeness (QED) is 0.567. The minimum atomic E-state index is -0.697. The Balaban J connectivity index is 1.65. The van der Waals surface area contributed by atoms with E-state index in [0.717, 1.165) is 0 Å². The lowest BCUT2D eigenvalue weighted by molar-refractivity contribution is -0.154. The zero-order valence-electron chi connectivity index (χ0n) is 15.2. The van der Waals surface area contributed by atoms with E-state index in [-0.39, 0.29) is 6.10 Å². The van der Waals surface area contributed by atoms with Gasteiger partial charge in [-0.25, -0.2) is 14.8 Å². The fraction of sp³-hybridized carbons (Fsp3) is 0.250. The van der Waals surface area contributed by atoms with Crippen LogP contribution in [0.5, 0.6) is 17.4 Å². The molecule has 140 valence electrons. The lowest BCUT2D eigenvalue weighted by Gasteiger charge is -2.16. The van der Waals surface area contributed by atoms with Crippen LogP contribution in [0, 0.1) is 0 Å². The Morgan fingerprint density at radius 3 is 2.41 bits per heavy atom. The Labute approximate surface area is 162 Å². The van der Waals surface area contributed by atoms with Gasteiger partial charge in [-0.1, -0.05) is 11.6 Å². The monoisotopic (exact) mass is 386 g/mol. The molecule has 1 unspecified atom stereocenters. The molecule has 0 aliphatic heterocycles. The van der Waals surface area contributed by atoms with E-state index in [0.29, 0.717) is 33.4 Å². The first kappa shape index (κ1) is 18.9. The standard InChI is InChI=1S/C20H19ClN2O4/c1-12(2)25-20(24)13(3)26-15-5-7-16(8-6-15)27-19-11-22-18-10-14(21)4-9-17(18)23-19/h4-13H,1-3H3. The van der Waals surface area contributed by atoms with Crippen LogP contribution in [0.3, 0.4) is 0 Å². The van der Waals surface area contributed by atoms with Gasteiger partial charge in [-0.15, -0.1) is 0 Å². The number of fused-ring (bicyclic) bond motifs is 1. The van der Waals surface area contributed by atoms with Crippen molar-refractivity contribution in [3.05, 3.63) is 53.7 Å². The van der Waals surface area contributed by atoms with Gasteiger partial charge in [-0.3, -0.25) is 0 Å². The molecule has 1 atom stereocenters.